The molecule has 0 saturated heterocycles. The van der Waals surface area contributed by atoms with Crippen molar-refractivity contribution in [3.63, 3.8) is 0 Å². The van der Waals surface area contributed by atoms with Gasteiger partial charge in [-0.05, 0) is 13.8 Å². The second kappa shape index (κ2) is 7.08. The number of aliphatic imine (C=N–C) groups is 1. The van der Waals surface area contributed by atoms with Gasteiger partial charge in [0.2, 0.25) is 0 Å². The maximum atomic E-state index is 10.6. The molecule has 0 saturated carbocycles. The number of hydrogen-bond acceptors (Lipinski definition) is 4. The maximum absolute atomic E-state index is 10.6. The first-order chi connectivity index (χ1) is 6.20. The number of carbonyl (C=O) groups is 2. The lowest BCUT2D eigenvalue weighted by molar-refractivity contribution is 0.158. The van der Waals surface area contributed by atoms with Crippen LogP contribution < -0.4 is 5.32 Å². The zero-order valence-electron chi connectivity index (χ0n) is 7.57. The number of rotatable bonds is 3. The molecule has 0 aromatic rings. The number of hydrogen-bond donors (Lipinski definition) is 1. The Labute approximate surface area is 75.9 Å². The number of nitrogens with one attached hydrogen (secondary N) is 1. The van der Waals surface area contributed by atoms with E-state index in [0.29, 0.717) is 0 Å². The van der Waals surface area contributed by atoms with Crippen molar-refractivity contribution in [2.75, 3.05) is 13.2 Å². The van der Waals surface area contributed by atoms with Gasteiger partial charge in [-0.3, -0.25) is 5.32 Å². The Morgan fingerprint density at radius 2 is 1.92 bits per heavy atom. The number of carbonyl (C=O) groups excluding carboxylic acids is 2. The van der Waals surface area contributed by atoms with Gasteiger partial charge in [-0.15, -0.1) is 0 Å². The van der Waals surface area contributed by atoms with Gasteiger partial charge in [0.05, 0.1) is 13.2 Å². The summed E-state index contributed by atoms with van der Waals surface area (Å²) in [6, 6.07) is 0. The fourth-order valence-electron chi connectivity index (χ4n) is 0.471. The monoisotopic (exact) mass is 188 g/mol. The second-order valence-electron chi connectivity index (χ2n) is 1.82. The van der Waals surface area contributed by atoms with E-state index in [0.717, 1.165) is 6.34 Å². The van der Waals surface area contributed by atoms with Gasteiger partial charge in [0, 0.05) is 0 Å². The summed E-state index contributed by atoms with van der Waals surface area (Å²) in [5.74, 6) is 0. The van der Waals surface area contributed by atoms with Gasteiger partial charge < -0.3 is 9.47 Å². The van der Waals surface area contributed by atoms with E-state index in [1.54, 1.807) is 13.8 Å². The first kappa shape index (κ1) is 11.4. The molecular formula is C7H12N2O4. The van der Waals surface area contributed by atoms with Crippen LogP contribution in [0.1, 0.15) is 13.8 Å². The van der Waals surface area contributed by atoms with Crippen LogP contribution in [-0.2, 0) is 9.47 Å². The molecule has 0 aliphatic rings. The van der Waals surface area contributed by atoms with Gasteiger partial charge in [0.1, 0.15) is 6.34 Å². The lowest BCUT2D eigenvalue weighted by atomic mass is 10.8. The summed E-state index contributed by atoms with van der Waals surface area (Å²) in [6.45, 7) is 3.84. The van der Waals surface area contributed by atoms with E-state index in [-0.39, 0.29) is 13.2 Å². The summed E-state index contributed by atoms with van der Waals surface area (Å²) in [4.78, 5) is 24.4. The van der Waals surface area contributed by atoms with Gasteiger partial charge in [-0.2, -0.15) is 4.99 Å². The average Bonchev–Trinajstić information content (AvgIpc) is 2.05. The van der Waals surface area contributed by atoms with Crippen LogP contribution >= 0.6 is 0 Å². The van der Waals surface area contributed by atoms with Crippen molar-refractivity contribution < 1.29 is 19.1 Å². The Hall–Kier alpha value is -1.59. The third-order valence-corrected chi connectivity index (χ3v) is 0.896. The van der Waals surface area contributed by atoms with Crippen LogP contribution in [0.15, 0.2) is 4.99 Å². The minimum absolute atomic E-state index is 0.246. The lowest BCUT2D eigenvalue weighted by Crippen LogP contribution is -2.23. The normalized spacial score (nSPS) is 9.69. The second-order valence-corrected chi connectivity index (χ2v) is 1.82. The first-order valence-electron chi connectivity index (χ1n) is 3.83. The molecule has 6 heteroatoms. The molecule has 2 amide bonds. The van der Waals surface area contributed by atoms with Gasteiger partial charge in [0.25, 0.3) is 0 Å². The molecule has 0 atom stereocenters. The summed E-state index contributed by atoms with van der Waals surface area (Å²) < 4.78 is 8.94. The van der Waals surface area contributed by atoms with Gasteiger partial charge in [0.15, 0.2) is 0 Å². The zero-order valence-corrected chi connectivity index (χ0v) is 7.57. The molecule has 0 fully saturated rings. The number of nitrogens with zero attached hydrogens (tertiary/aromatic N) is 1. The standard InChI is InChI=1S/C7H12N2O4/c1-3-12-6(10)8-5-9-7(11)13-4-2/h5H,3-4H2,1-2H3,(H,8,9,10,11). The van der Waals surface area contributed by atoms with Crippen molar-refractivity contribution in [3.8, 4) is 0 Å². The molecule has 0 radical (unpaired) electrons. The highest BCUT2D eigenvalue weighted by Crippen LogP contribution is 1.80. The van der Waals surface area contributed by atoms with E-state index in [1.165, 1.54) is 0 Å². The minimum Gasteiger partial charge on any atom is -0.450 e. The van der Waals surface area contributed by atoms with E-state index in [4.69, 9.17) is 0 Å². The Morgan fingerprint density at radius 3 is 2.46 bits per heavy atom. The molecule has 0 bridgehead atoms. The van der Waals surface area contributed by atoms with E-state index >= 15 is 0 Å². The molecule has 0 spiro atoms. The molecule has 13 heavy (non-hydrogen) atoms. The summed E-state index contributed by atoms with van der Waals surface area (Å²) in [5.41, 5.74) is 0. The van der Waals surface area contributed by atoms with Crippen LogP contribution in [0.25, 0.3) is 0 Å². The highest BCUT2D eigenvalue weighted by molar-refractivity contribution is 5.87. The topological polar surface area (TPSA) is 77.0 Å². The Morgan fingerprint density at radius 1 is 1.31 bits per heavy atom. The molecule has 1 N–H and O–H groups in total. The third kappa shape index (κ3) is 6.79. The third-order valence-electron chi connectivity index (χ3n) is 0.896. The Kier molecular flexibility index (Phi) is 6.21. The summed E-state index contributed by atoms with van der Waals surface area (Å²) in [7, 11) is 0. The number of ether oxygens (including phenoxy) is 2. The molecule has 0 aliphatic carbocycles. The fourth-order valence-corrected chi connectivity index (χ4v) is 0.471. The van der Waals surface area contributed by atoms with Gasteiger partial charge in [-0.1, -0.05) is 0 Å². The molecule has 0 rings (SSSR count). The van der Waals surface area contributed by atoms with Crippen molar-refractivity contribution in [3.05, 3.63) is 0 Å². The lowest BCUT2D eigenvalue weighted by Gasteiger charge is -1.98. The minimum atomic E-state index is -0.751. The Balaban J connectivity index is 3.61. The molecule has 6 nitrogen and oxygen atoms in total. The average molecular weight is 188 g/mol. The molecule has 0 aromatic heterocycles. The van der Waals surface area contributed by atoms with Crippen LogP contribution in [0.2, 0.25) is 0 Å². The summed E-state index contributed by atoms with van der Waals surface area (Å²) in [6.07, 6.45) is -0.481. The molecule has 0 aliphatic heterocycles. The molecule has 0 unspecified atom stereocenters. The number of alkyl carbamates (subject to hydrolysis) is 1. The van der Waals surface area contributed by atoms with Gasteiger partial charge in [-0.25, -0.2) is 9.59 Å². The largest absolute Gasteiger partial charge is 0.450 e. The van der Waals surface area contributed by atoms with Crippen molar-refractivity contribution in [2.45, 2.75) is 13.8 Å². The van der Waals surface area contributed by atoms with E-state index in [9.17, 15) is 9.59 Å². The van der Waals surface area contributed by atoms with E-state index in [1.807, 2.05) is 0 Å². The maximum Gasteiger partial charge on any atom is 0.434 e. The van der Waals surface area contributed by atoms with Crippen molar-refractivity contribution >= 4 is 18.5 Å². The fraction of sp³-hybridized carbons (Fsp3) is 0.571. The van der Waals surface area contributed by atoms with Gasteiger partial charge >= 0.3 is 12.2 Å². The van der Waals surface area contributed by atoms with Crippen molar-refractivity contribution in [1.82, 2.24) is 5.32 Å². The SMILES string of the molecule is CCOC(=O)/N=C\NC(=O)OCC. The van der Waals surface area contributed by atoms with Crippen molar-refractivity contribution in [1.29, 1.82) is 0 Å². The predicted molar refractivity (Wildman–Crippen MR) is 45.7 cm³/mol. The van der Waals surface area contributed by atoms with Crippen LogP contribution in [0.5, 0.6) is 0 Å². The van der Waals surface area contributed by atoms with E-state index < -0.39 is 12.2 Å². The van der Waals surface area contributed by atoms with E-state index in [2.05, 4.69) is 19.8 Å². The smallest absolute Gasteiger partial charge is 0.434 e. The number of amides is 2. The molecule has 74 valence electrons. The van der Waals surface area contributed by atoms with Crippen LogP contribution in [0, 0.1) is 0 Å². The highest BCUT2D eigenvalue weighted by Gasteiger charge is 1.97. The Bertz CT molecular complexity index is 203. The quantitative estimate of drug-likeness (QED) is 0.527. The first-order valence-corrected chi connectivity index (χ1v) is 3.83. The molecular weight excluding hydrogens is 176 g/mol. The highest BCUT2D eigenvalue weighted by atomic mass is 16.6. The van der Waals surface area contributed by atoms with Crippen LogP contribution in [0.3, 0.4) is 0 Å². The summed E-state index contributed by atoms with van der Waals surface area (Å²) >= 11 is 0. The molecule has 0 aromatic carbocycles. The zero-order chi connectivity index (χ0) is 10.1. The van der Waals surface area contributed by atoms with Crippen LogP contribution in [0.4, 0.5) is 9.59 Å². The van der Waals surface area contributed by atoms with Crippen LogP contribution in [-0.4, -0.2) is 31.7 Å². The predicted octanol–water partition coefficient (Wildman–Crippen LogP) is 0.917. The van der Waals surface area contributed by atoms with Crippen molar-refractivity contribution in [2.24, 2.45) is 4.99 Å². The summed E-state index contributed by atoms with van der Waals surface area (Å²) in [5, 5.41) is 2.12. The molecule has 0 heterocycles.